The molecule has 3 aromatic rings. The first-order valence-electron chi connectivity index (χ1n) is 9.61. The normalized spacial score (nSPS) is 20.2. The Morgan fingerprint density at radius 1 is 1.30 bits per heavy atom. The largest absolute Gasteiger partial charge is 0.341 e. The molecular weight excluding hydrogens is 358 g/mol. The minimum atomic E-state index is 0.0341. The molecule has 7 heteroatoms. The van der Waals surface area contributed by atoms with E-state index in [-0.39, 0.29) is 5.56 Å². The van der Waals surface area contributed by atoms with Crippen molar-refractivity contribution in [2.24, 2.45) is 0 Å². The van der Waals surface area contributed by atoms with E-state index in [0.717, 1.165) is 72.0 Å². The molecule has 2 aromatic heterocycles. The highest BCUT2D eigenvalue weighted by Crippen LogP contribution is 2.23. The van der Waals surface area contributed by atoms with Gasteiger partial charge < -0.3 is 4.98 Å². The Bertz CT molecular complexity index is 994. The molecule has 27 heavy (non-hydrogen) atoms. The van der Waals surface area contributed by atoms with Crippen LogP contribution >= 0.6 is 11.8 Å². The van der Waals surface area contributed by atoms with Crippen molar-refractivity contribution >= 4 is 22.8 Å². The summed E-state index contributed by atoms with van der Waals surface area (Å²) < 4.78 is 1.69. The molecule has 0 spiro atoms. The summed E-state index contributed by atoms with van der Waals surface area (Å²) in [5.74, 6) is 3.01. The maximum atomic E-state index is 12.5. The Morgan fingerprint density at radius 3 is 3.15 bits per heavy atom. The summed E-state index contributed by atoms with van der Waals surface area (Å²) in [7, 11) is 0. The van der Waals surface area contributed by atoms with Gasteiger partial charge in [-0.15, -0.1) is 0 Å². The molecule has 1 N–H and O–H groups in total. The summed E-state index contributed by atoms with van der Waals surface area (Å²) in [5, 5.41) is 4.69. The van der Waals surface area contributed by atoms with Gasteiger partial charge in [0.2, 0.25) is 0 Å². The smallest absolute Gasteiger partial charge is 0.267 e. The topological polar surface area (TPSA) is 66.8 Å². The number of para-hydroxylation sites is 2. The lowest BCUT2D eigenvalue weighted by atomic mass is 10.2. The fourth-order valence-corrected chi connectivity index (χ4v) is 5.12. The number of rotatable bonds is 4. The third-order valence-corrected chi connectivity index (χ3v) is 6.59. The minimum absolute atomic E-state index is 0.0341. The van der Waals surface area contributed by atoms with Crippen molar-refractivity contribution in [1.29, 1.82) is 0 Å². The van der Waals surface area contributed by atoms with Gasteiger partial charge in [-0.1, -0.05) is 12.1 Å². The van der Waals surface area contributed by atoms with Crippen LogP contribution < -0.4 is 5.56 Å². The number of hydrogen-bond acceptors (Lipinski definition) is 5. The van der Waals surface area contributed by atoms with Gasteiger partial charge in [0, 0.05) is 24.3 Å². The Balaban J connectivity index is 1.35. The molecular formula is C20H23N5OS. The van der Waals surface area contributed by atoms with Gasteiger partial charge in [-0.3, -0.25) is 9.69 Å². The zero-order valence-corrected chi connectivity index (χ0v) is 16.0. The molecule has 0 aliphatic carbocycles. The van der Waals surface area contributed by atoms with Crippen LogP contribution in [-0.2, 0) is 25.3 Å². The fraction of sp³-hybridized carbons (Fsp3) is 0.450. The quantitative estimate of drug-likeness (QED) is 0.752. The Labute approximate surface area is 162 Å². The predicted molar refractivity (Wildman–Crippen MR) is 108 cm³/mol. The summed E-state index contributed by atoms with van der Waals surface area (Å²) in [4.78, 5) is 23.1. The number of aromatic nitrogens is 4. The Hall–Kier alpha value is -2.12. The number of imidazole rings is 1. The van der Waals surface area contributed by atoms with Crippen molar-refractivity contribution in [1.82, 2.24) is 24.6 Å². The average Bonchev–Trinajstić information content (AvgIpc) is 3.29. The van der Waals surface area contributed by atoms with Crippen LogP contribution in [0.15, 0.2) is 35.1 Å². The predicted octanol–water partition coefficient (Wildman–Crippen LogP) is 2.57. The van der Waals surface area contributed by atoms with Crippen LogP contribution in [0.3, 0.4) is 0 Å². The van der Waals surface area contributed by atoms with Crippen molar-refractivity contribution in [3.63, 3.8) is 0 Å². The van der Waals surface area contributed by atoms with Crippen LogP contribution in [0.4, 0.5) is 0 Å². The van der Waals surface area contributed by atoms with Crippen molar-refractivity contribution in [2.75, 3.05) is 12.3 Å². The maximum Gasteiger partial charge on any atom is 0.267 e. The zero-order valence-electron chi connectivity index (χ0n) is 15.2. The van der Waals surface area contributed by atoms with Crippen molar-refractivity contribution < 1.29 is 0 Å². The highest BCUT2D eigenvalue weighted by Gasteiger charge is 2.27. The second kappa shape index (κ2) is 7.13. The standard InChI is InChI=1S/C20H23N5OS/c26-20-10-14-13-27-9-7-16(14)23-25(20)11-15-4-3-8-24(15)12-19-21-17-5-1-2-6-18(17)22-19/h1-2,5-6,10,15H,3-4,7-9,11-13H2,(H,21,22). The van der Waals surface area contributed by atoms with Crippen LogP contribution in [0.25, 0.3) is 11.0 Å². The lowest BCUT2D eigenvalue weighted by Gasteiger charge is -2.24. The summed E-state index contributed by atoms with van der Waals surface area (Å²) in [6, 6.07) is 10.3. The van der Waals surface area contributed by atoms with Crippen LogP contribution in [0, 0.1) is 0 Å². The molecule has 0 saturated carbocycles. The third kappa shape index (κ3) is 3.41. The fourth-order valence-electron chi connectivity index (χ4n) is 4.17. The molecule has 1 saturated heterocycles. The van der Waals surface area contributed by atoms with E-state index in [0.29, 0.717) is 12.6 Å². The number of fused-ring (bicyclic) bond motifs is 2. The number of nitrogens with one attached hydrogen (secondary N) is 1. The molecule has 6 nitrogen and oxygen atoms in total. The molecule has 0 amide bonds. The van der Waals surface area contributed by atoms with Gasteiger partial charge in [-0.05, 0) is 42.8 Å². The number of likely N-dealkylation sites (tertiary alicyclic amines) is 1. The van der Waals surface area contributed by atoms with Crippen LogP contribution in [0.2, 0.25) is 0 Å². The van der Waals surface area contributed by atoms with E-state index in [9.17, 15) is 4.79 Å². The third-order valence-electron chi connectivity index (χ3n) is 5.58. The number of aromatic amines is 1. The molecule has 0 radical (unpaired) electrons. The summed E-state index contributed by atoms with van der Waals surface area (Å²) in [5.41, 5.74) is 4.35. The number of hydrogen-bond donors (Lipinski definition) is 1. The van der Waals surface area contributed by atoms with Gasteiger partial charge in [0.05, 0.1) is 29.8 Å². The van der Waals surface area contributed by atoms with Crippen LogP contribution in [-0.4, -0.2) is 43.0 Å². The van der Waals surface area contributed by atoms with E-state index in [1.54, 1.807) is 10.7 Å². The zero-order chi connectivity index (χ0) is 18.2. The molecule has 140 valence electrons. The van der Waals surface area contributed by atoms with Gasteiger partial charge >= 0.3 is 0 Å². The number of H-pyrrole nitrogens is 1. The SMILES string of the molecule is O=c1cc2c(nn1CC1CCCN1Cc1nc3ccccc3[nH]1)CCSC2. The van der Waals surface area contributed by atoms with E-state index < -0.39 is 0 Å². The number of thioether (sulfide) groups is 1. The lowest BCUT2D eigenvalue weighted by molar-refractivity contribution is 0.212. The second-order valence-electron chi connectivity index (χ2n) is 7.41. The first kappa shape index (κ1) is 17.0. The molecule has 2 aliphatic rings. The van der Waals surface area contributed by atoms with Crippen molar-refractivity contribution in [3.05, 3.63) is 57.8 Å². The summed E-state index contributed by atoms with van der Waals surface area (Å²) in [6.07, 6.45) is 3.22. The van der Waals surface area contributed by atoms with Crippen molar-refractivity contribution in [2.45, 2.75) is 44.1 Å². The highest BCUT2D eigenvalue weighted by molar-refractivity contribution is 7.98. The van der Waals surface area contributed by atoms with Crippen LogP contribution in [0.5, 0.6) is 0 Å². The van der Waals surface area contributed by atoms with E-state index in [2.05, 4.69) is 16.0 Å². The van der Waals surface area contributed by atoms with E-state index in [1.165, 1.54) is 0 Å². The molecule has 1 aromatic carbocycles. The van der Waals surface area contributed by atoms with E-state index in [4.69, 9.17) is 10.1 Å². The Morgan fingerprint density at radius 2 is 2.22 bits per heavy atom. The molecule has 0 bridgehead atoms. The summed E-state index contributed by atoms with van der Waals surface area (Å²) in [6.45, 7) is 2.49. The summed E-state index contributed by atoms with van der Waals surface area (Å²) >= 11 is 1.88. The molecule has 5 rings (SSSR count). The van der Waals surface area contributed by atoms with E-state index in [1.807, 2.05) is 30.0 Å². The monoisotopic (exact) mass is 381 g/mol. The van der Waals surface area contributed by atoms with Crippen LogP contribution in [0.1, 0.15) is 29.9 Å². The van der Waals surface area contributed by atoms with Gasteiger partial charge in [0.15, 0.2) is 0 Å². The molecule has 1 unspecified atom stereocenters. The molecule has 1 fully saturated rings. The first-order chi connectivity index (χ1) is 13.3. The number of nitrogens with zero attached hydrogens (tertiary/aromatic N) is 4. The van der Waals surface area contributed by atoms with Gasteiger partial charge in [-0.2, -0.15) is 16.9 Å². The van der Waals surface area contributed by atoms with E-state index >= 15 is 0 Å². The first-order valence-corrected chi connectivity index (χ1v) is 10.8. The number of aryl methyl sites for hydroxylation is 1. The lowest BCUT2D eigenvalue weighted by Crippen LogP contribution is -2.37. The van der Waals surface area contributed by atoms with Gasteiger partial charge in [-0.25, -0.2) is 9.67 Å². The average molecular weight is 382 g/mol. The highest BCUT2D eigenvalue weighted by atomic mass is 32.2. The maximum absolute atomic E-state index is 12.5. The minimum Gasteiger partial charge on any atom is -0.341 e. The molecule has 2 aliphatic heterocycles. The van der Waals surface area contributed by atoms with Crippen molar-refractivity contribution in [3.8, 4) is 0 Å². The molecule has 4 heterocycles. The Kier molecular flexibility index (Phi) is 4.49. The van der Waals surface area contributed by atoms with Gasteiger partial charge in [0.1, 0.15) is 5.82 Å². The number of benzene rings is 1. The molecule has 1 atom stereocenters. The second-order valence-corrected chi connectivity index (χ2v) is 8.51. The van der Waals surface area contributed by atoms with Gasteiger partial charge in [0.25, 0.3) is 5.56 Å².